The lowest BCUT2D eigenvalue weighted by atomic mass is 9.94. The second-order valence-electron chi connectivity index (χ2n) is 7.13. The van der Waals surface area contributed by atoms with E-state index in [-0.39, 0.29) is 11.3 Å². The second kappa shape index (κ2) is 8.88. The fourth-order valence-corrected chi connectivity index (χ4v) is 4.05. The molecule has 1 aliphatic heterocycles. The lowest BCUT2D eigenvalue weighted by Crippen LogP contribution is -2.29. The fraction of sp³-hybridized carbons (Fsp3) is 0.120. The second-order valence-corrected chi connectivity index (χ2v) is 8.04. The summed E-state index contributed by atoms with van der Waals surface area (Å²) in [6.45, 7) is 0. The molecule has 0 radical (unpaired) electrons. The summed E-state index contributed by atoms with van der Waals surface area (Å²) in [5.41, 5.74) is 1.59. The van der Waals surface area contributed by atoms with Crippen LogP contribution in [0.15, 0.2) is 82.8 Å². The van der Waals surface area contributed by atoms with Crippen LogP contribution in [0.2, 0.25) is 0 Å². The van der Waals surface area contributed by atoms with Gasteiger partial charge in [0.2, 0.25) is 0 Å². The zero-order chi connectivity index (χ0) is 22.8. The average Bonchev–Trinajstić information content (AvgIpc) is 3.09. The normalized spacial score (nSPS) is 17.5. The summed E-state index contributed by atoms with van der Waals surface area (Å²) in [7, 11) is 3.04. The molecule has 0 unspecified atom stereocenters. The largest absolute Gasteiger partial charge is 0.507 e. The molecule has 0 bridgehead atoms. The van der Waals surface area contributed by atoms with E-state index in [9.17, 15) is 14.7 Å². The van der Waals surface area contributed by atoms with Crippen molar-refractivity contribution in [2.45, 2.75) is 6.04 Å². The number of nitrogens with zero attached hydrogens (tertiary/aromatic N) is 1. The van der Waals surface area contributed by atoms with Crippen molar-refractivity contribution in [2.75, 3.05) is 19.1 Å². The summed E-state index contributed by atoms with van der Waals surface area (Å²) >= 11 is 3.36. The number of carbonyl (C=O) groups is 2. The first kappa shape index (κ1) is 21.6. The minimum absolute atomic E-state index is 0.00777. The minimum atomic E-state index is -0.846. The van der Waals surface area contributed by atoms with E-state index in [0.29, 0.717) is 28.3 Å². The van der Waals surface area contributed by atoms with E-state index in [0.717, 1.165) is 4.47 Å². The van der Waals surface area contributed by atoms with Crippen molar-refractivity contribution >= 4 is 39.1 Å². The Morgan fingerprint density at radius 2 is 1.56 bits per heavy atom. The number of Topliss-reactive ketones (excluding diaryl/α,β-unsaturated/α-hetero) is 1. The standard InChI is InChI=1S/C25H20BrNO5/c1-31-19-13-10-16(14-20(19)32-2)22-21(23(28)15-8-11-17(26)12-9-15)24(29)25(30)27(22)18-6-4-3-5-7-18/h3-14,22,28H,1-2H3/t22-/m0/s1. The molecule has 1 heterocycles. The summed E-state index contributed by atoms with van der Waals surface area (Å²) in [6, 6.07) is 20.1. The third-order valence-electron chi connectivity index (χ3n) is 5.32. The summed E-state index contributed by atoms with van der Waals surface area (Å²) in [4.78, 5) is 27.7. The van der Waals surface area contributed by atoms with E-state index in [4.69, 9.17) is 9.47 Å². The molecular formula is C25H20BrNO5. The van der Waals surface area contributed by atoms with Gasteiger partial charge in [0.1, 0.15) is 5.76 Å². The van der Waals surface area contributed by atoms with Gasteiger partial charge < -0.3 is 14.6 Å². The van der Waals surface area contributed by atoms with Crippen LogP contribution in [0.25, 0.3) is 5.76 Å². The quantitative estimate of drug-likeness (QED) is 0.304. The highest BCUT2D eigenvalue weighted by atomic mass is 79.9. The maximum atomic E-state index is 13.2. The van der Waals surface area contributed by atoms with Crippen LogP contribution >= 0.6 is 15.9 Å². The van der Waals surface area contributed by atoms with Crippen LogP contribution in [0.3, 0.4) is 0 Å². The van der Waals surface area contributed by atoms with Crippen LogP contribution in [-0.4, -0.2) is 31.0 Å². The Kier molecular flexibility index (Phi) is 6.01. The van der Waals surface area contributed by atoms with Crippen molar-refractivity contribution in [3.8, 4) is 11.5 Å². The molecule has 7 heteroatoms. The number of ketones is 1. The van der Waals surface area contributed by atoms with Crippen LogP contribution in [0.1, 0.15) is 17.2 Å². The molecular weight excluding hydrogens is 474 g/mol. The van der Waals surface area contributed by atoms with E-state index in [1.165, 1.54) is 19.1 Å². The molecule has 6 nitrogen and oxygen atoms in total. The fourth-order valence-electron chi connectivity index (χ4n) is 3.79. The topological polar surface area (TPSA) is 76.1 Å². The highest BCUT2D eigenvalue weighted by Gasteiger charge is 2.47. The molecule has 1 aliphatic rings. The zero-order valence-electron chi connectivity index (χ0n) is 17.4. The number of anilines is 1. The van der Waals surface area contributed by atoms with Crippen molar-refractivity contribution < 1.29 is 24.2 Å². The molecule has 32 heavy (non-hydrogen) atoms. The first-order valence-corrected chi connectivity index (χ1v) is 10.6. The number of para-hydroxylation sites is 1. The number of ether oxygens (including phenoxy) is 2. The van der Waals surface area contributed by atoms with Crippen LogP contribution < -0.4 is 14.4 Å². The number of carbonyl (C=O) groups excluding carboxylic acids is 2. The Hall–Kier alpha value is -3.58. The maximum absolute atomic E-state index is 13.2. The van der Waals surface area contributed by atoms with Gasteiger partial charge in [0.25, 0.3) is 11.7 Å². The lowest BCUT2D eigenvalue weighted by molar-refractivity contribution is -0.132. The third kappa shape index (κ3) is 3.76. The van der Waals surface area contributed by atoms with Gasteiger partial charge in [-0.1, -0.05) is 52.3 Å². The third-order valence-corrected chi connectivity index (χ3v) is 5.85. The van der Waals surface area contributed by atoms with E-state index in [2.05, 4.69) is 15.9 Å². The predicted molar refractivity (Wildman–Crippen MR) is 125 cm³/mol. The molecule has 1 atom stereocenters. The summed E-state index contributed by atoms with van der Waals surface area (Å²) < 4.78 is 11.6. The average molecular weight is 494 g/mol. The Labute approximate surface area is 193 Å². The molecule has 1 saturated heterocycles. The Bertz CT molecular complexity index is 1200. The minimum Gasteiger partial charge on any atom is -0.507 e. The zero-order valence-corrected chi connectivity index (χ0v) is 19.0. The number of benzene rings is 3. The van der Waals surface area contributed by atoms with Crippen LogP contribution in [0, 0.1) is 0 Å². The van der Waals surface area contributed by atoms with Gasteiger partial charge in [-0.3, -0.25) is 14.5 Å². The van der Waals surface area contributed by atoms with Crippen molar-refractivity contribution in [3.05, 3.63) is 94.0 Å². The smallest absolute Gasteiger partial charge is 0.300 e. The molecule has 0 aliphatic carbocycles. The van der Waals surface area contributed by atoms with Gasteiger partial charge in [0.05, 0.1) is 25.8 Å². The highest BCUT2D eigenvalue weighted by molar-refractivity contribution is 9.10. The van der Waals surface area contributed by atoms with Gasteiger partial charge in [-0.05, 0) is 42.0 Å². The number of rotatable bonds is 5. The van der Waals surface area contributed by atoms with E-state index < -0.39 is 17.7 Å². The van der Waals surface area contributed by atoms with E-state index in [1.54, 1.807) is 66.7 Å². The molecule has 162 valence electrons. The molecule has 3 aromatic rings. The molecule has 4 rings (SSSR count). The van der Waals surface area contributed by atoms with Crippen LogP contribution in [0.4, 0.5) is 5.69 Å². The number of methoxy groups -OCH3 is 2. The molecule has 0 saturated carbocycles. The van der Waals surface area contributed by atoms with Crippen LogP contribution in [0.5, 0.6) is 11.5 Å². The molecule has 1 amide bonds. The van der Waals surface area contributed by atoms with Gasteiger partial charge in [-0.25, -0.2) is 0 Å². The number of amides is 1. The summed E-state index contributed by atoms with van der Waals surface area (Å²) in [5.74, 6) is -0.745. The Morgan fingerprint density at radius 3 is 2.19 bits per heavy atom. The number of hydrogen-bond donors (Lipinski definition) is 1. The van der Waals surface area contributed by atoms with Crippen molar-refractivity contribution in [2.24, 2.45) is 0 Å². The van der Waals surface area contributed by atoms with E-state index in [1.807, 2.05) is 6.07 Å². The summed E-state index contributed by atoms with van der Waals surface area (Å²) in [5, 5.41) is 11.1. The van der Waals surface area contributed by atoms with Gasteiger partial charge >= 0.3 is 0 Å². The van der Waals surface area contributed by atoms with Gasteiger partial charge in [0, 0.05) is 15.7 Å². The first-order chi connectivity index (χ1) is 15.5. The molecule has 0 aromatic heterocycles. The Morgan fingerprint density at radius 1 is 0.906 bits per heavy atom. The lowest BCUT2D eigenvalue weighted by Gasteiger charge is -2.26. The number of hydrogen-bond acceptors (Lipinski definition) is 5. The Balaban J connectivity index is 1.96. The number of halogens is 1. The number of aliphatic hydroxyl groups is 1. The SMILES string of the molecule is COc1ccc([C@H]2C(=C(O)c3ccc(Br)cc3)C(=O)C(=O)N2c2ccccc2)cc1OC. The molecule has 0 spiro atoms. The molecule has 3 aromatic carbocycles. The predicted octanol–water partition coefficient (Wildman–Crippen LogP) is 5.09. The van der Waals surface area contributed by atoms with Crippen LogP contribution in [-0.2, 0) is 9.59 Å². The monoisotopic (exact) mass is 493 g/mol. The van der Waals surface area contributed by atoms with Gasteiger partial charge in [-0.2, -0.15) is 0 Å². The molecule has 1 fully saturated rings. The van der Waals surface area contributed by atoms with E-state index >= 15 is 0 Å². The first-order valence-electron chi connectivity index (χ1n) is 9.80. The maximum Gasteiger partial charge on any atom is 0.300 e. The highest BCUT2D eigenvalue weighted by Crippen LogP contribution is 2.44. The van der Waals surface area contributed by atoms with Crippen molar-refractivity contribution in [1.82, 2.24) is 0 Å². The summed E-state index contributed by atoms with van der Waals surface area (Å²) in [6.07, 6.45) is 0. The number of aliphatic hydroxyl groups excluding tert-OH is 1. The van der Waals surface area contributed by atoms with Gasteiger partial charge in [-0.15, -0.1) is 0 Å². The van der Waals surface area contributed by atoms with Crippen molar-refractivity contribution in [1.29, 1.82) is 0 Å². The molecule has 1 N–H and O–H groups in total. The van der Waals surface area contributed by atoms with Crippen molar-refractivity contribution in [3.63, 3.8) is 0 Å². The van der Waals surface area contributed by atoms with Gasteiger partial charge in [0.15, 0.2) is 11.5 Å².